The molecule has 0 aromatic heterocycles. The first-order chi connectivity index (χ1) is 13.1. The van der Waals surface area contributed by atoms with Gasteiger partial charge in [0.05, 0.1) is 12.2 Å². The van der Waals surface area contributed by atoms with Crippen molar-refractivity contribution in [2.45, 2.75) is 71.6 Å². The summed E-state index contributed by atoms with van der Waals surface area (Å²) in [6.07, 6.45) is 12.1. The maximum absolute atomic E-state index is 12.1. The van der Waals surface area contributed by atoms with E-state index in [0.29, 0.717) is 17.9 Å². The van der Waals surface area contributed by atoms with Gasteiger partial charge in [0.25, 0.3) is 0 Å². The summed E-state index contributed by atoms with van der Waals surface area (Å²) in [4.78, 5) is 12.1. The summed E-state index contributed by atoms with van der Waals surface area (Å²) in [6, 6.07) is 4.15. The molecule has 1 aromatic carbocycles. The number of hydrogen-bond acceptors (Lipinski definition) is 2. The van der Waals surface area contributed by atoms with Gasteiger partial charge in [-0.15, -0.1) is 0 Å². The van der Waals surface area contributed by atoms with Crippen molar-refractivity contribution >= 4 is 11.5 Å². The second-order valence-electron chi connectivity index (χ2n) is 8.81. The first-order valence-electron chi connectivity index (χ1n) is 10.2. The van der Waals surface area contributed by atoms with E-state index in [1.165, 1.54) is 11.1 Å². The van der Waals surface area contributed by atoms with Crippen LogP contribution >= 0.6 is 0 Å². The lowest BCUT2D eigenvalue weighted by Crippen LogP contribution is -2.34. The minimum Gasteiger partial charge on any atom is -0.493 e. The molecule has 0 radical (unpaired) electrons. The molecular weight excluding hydrogens is 348 g/mol. The molecule has 0 saturated carbocycles. The summed E-state index contributed by atoms with van der Waals surface area (Å²) in [5, 5.41) is 9.89. The van der Waals surface area contributed by atoms with Crippen molar-refractivity contribution in [2.75, 3.05) is 6.61 Å². The number of carbonyl (C=O) groups is 1. The molecule has 0 amide bonds. The summed E-state index contributed by atoms with van der Waals surface area (Å²) in [6.45, 7) is 13.6. The van der Waals surface area contributed by atoms with Gasteiger partial charge in [-0.3, -0.25) is 0 Å². The summed E-state index contributed by atoms with van der Waals surface area (Å²) in [7, 11) is 0. The van der Waals surface area contributed by atoms with Crippen LogP contribution in [0.5, 0.6) is 5.75 Å². The van der Waals surface area contributed by atoms with E-state index in [-0.39, 0.29) is 16.4 Å². The van der Waals surface area contributed by atoms with E-state index in [1.54, 1.807) is 12.2 Å². The Hall–Kier alpha value is -2.29. The number of carboxylic acids is 1. The number of fused-ring (bicyclic) bond motifs is 1. The second-order valence-corrected chi connectivity index (χ2v) is 8.81. The van der Waals surface area contributed by atoms with E-state index < -0.39 is 5.97 Å². The van der Waals surface area contributed by atoms with Crippen molar-refractivity contribution < 1.29 is 14.6 Å². The van der Waals surface area contributed by atoms with Gasteiger partial charge < -0.3 is 9.84 Å². The Balaban J connectivity index is 2.71. The molecule has 0 heterocycles. The largest absolute Gasteiger partial charge is 0.493 e. The van der Waals surface area contributed by atoms with E-state index in [2.05, 4.69) is 46.8 Å². The van der Waals surface area contributed by atoms with Crippen LogP contribution in [0, 0.1) is 0 Å². The Morgan fingerprint density at radius 3 is 2.21 bits per heavy atom. The highest BCUT2D eigenvalue weighted by molar-refractivity contribution is 6.16. The second kappa shape index (κ2) is 8.81. The van der Waals surface area contributed by atoms with Gasteiger partial charge >= 0.3 is 5.97 Å². The minimum atomic E-state index is -0.945. The van der Waals surface area contributed by atoms with Crippen LogP contribution in [-0.2, 0) is 15.6 Å². The summed E-state index contributed by atoms with van der Waals surface area (Å²) >= 11 is 0. The monoisotopic (exact) mass is 382 g/mol. The average molecular weight is 383 g/mol. The number of allylic oxidation sites excluding steroid dienone is 5. The number of ether oxygens (including phenoxy) is 1. The van der Waals surface area contributed by atoms with Crippen LogP contribution in [0.2, 0.25) is 0 Å². The van der Waals surface area contributed by atoms with Crippen LogP contribution < -0.4 is 4.74 Å². The first-order valence-corrected chi connectivity index (χ1v) is 10.2. The zero-order valence-electron chi connectivity index (χ0n) is 18.1. The third kappa shape index (κ3) is 4.76. The van der Waals surface area contributed by atoms with Gasteiger partial charge in [0.15, 0.2) is 0 Å². The number of hydrogen-bond donors (Lipinski definition) is 1. The quantitative estimate of drug-likeness (QED) is 0.437. The molecule has 1 aliphatic carbocycles. The minimum absolute atomic E-state index is 0.00723. The van der Waals surface area contributed by atoms with Crippen LogP contribution in [0.25, 0.3) is 5.57 Å². The number of carboxylic acid groups (broad SMARTS) is 1. The Kier molecular flexibility index (Phi) is 6.92. The predicted octanol–water partition coefficient (Wildman–Crippen LogP) is 6.42. The lowest BCUT2D eigenvalue weighted by atomic mass is 9.62. The molecule has 0 atom stereocenters. The van der Waals surface area contributed by atoms with E-state index in [4.69, 9.17) is 4.74 Å². The van der Waals surface area contributed by atoms with Crippen LogP contribution in [-0.4, -0.2) is 17.7 Å². The van der Waals surface area contributed by atoms with E-state index in [1.807, 2.05) is 25.2 Å². The van der Waals surface area contributed by atoms with Gasteiger partial charge in [-0.1, -0.05) is 58.9 Å². The topological polar surface area (TPSA) is 46.5 Å². The molecule has 2 rings (SSSR count). The molecule has 0 spiro atoms. The summed E-state index contributed by atoms with van der Waals surface area (Å²) in [5.41, 5.74) is 3.48. The van der Waals surface area contributed by atoms with Gasteiger partial charge in [-0.25, -0.2) is 4.79 Å². The Morgan fingerprint density at radius 2 is 1.68 bits per heavy atom. The fourth-order valence-electron chi connectivity index (χ4n) is 3.74. The number of aliphatic carboxylic acids is 1. The van der Waals surface area contributed by atoms with Gasteiger partial charge in [0.1, 0.15) is 5.75 Å². The van der Waals surface area contributed by atoms with Crippen molar-refractivity contribution in [1.29, 1.82) is 0 Å². The zero-order valence-corrected chi connectivity index (χ0v) is 18.1. The third-order valence-corrected chi connectivity index (χ3v) is 5.61. The van der Waals surface area contributed by atoms with Crippen LogP contribution in [0.4, 0.5) is 0 Å². The standard InChI is InChI=1S/C25H34O3/c1-7-9-10-11-12-18(23(26)27)19-16-20-21(17-22(19)28-15-8-2)25(5,6)14-13-24(20,3)4/h7,9-12,16-17H,8,13-15H2,1-6H3,(H,26,27). The molecule has 1 N–H and O–H groups in total. The highest BCUT2D eigenvalue weighted by atomic mass is 16.5. The highest BCUT2D eigenvalue weighted by Gasteiger charge is 2.38. The van der Waals surface area contributed by atoms with Gasteiger partial charge in [-0.2, -0.15) is 0 Å². The number of benzene rings is 1. The van der Waals surface area contributed by atoms with E-state index >= 15 is 0 Å². The molecule has 3 heteroatoms. The molecule has 28 heavy (non-hydrogen) atoms. The smallest absolute Gasteiger partial charge is 0.336 e. The van der Waals surface area contributed by atoms with Crippen LogP contribution in [0.15, 0.2) is 42.5 Å². The van der Waals surface area contributed by atoms with Crippen molar-refractivity contribution in [3.8, 4) is 5.75 Å². The molecule has 0 fully saturated rings. The zero-order chi connectivity index (χ0) is 20.9. The van der Waals surface area contributed by atoms with Gasteiger partial charge in [-0.05, 0) is 66.4 Å². The third-order valence-electron chi connectivity index (χ3n) is 5.61. The molecule has 1 aromatic rings. The fourth-order valence-corrected chi connectivity index (χ4v) is 3.74. The fraction of sp³-hybridized carbons (Fsp3) is 0.480. The first kappa shape index (κ1) is 22.0. The maximum atomic E-state index is 12.1. The summed E-state index contributed by atoms with van der Waals surface area (Å²) < 4.78 is 6.03. The number of rotatable bonds is 7. The molecule has 0 unspecified atom stereocenters. The van der Waals surface area contributed by atoms with Crippen LogP contribution in [0.1, 0.15) is 77.5 Å². The maximum Gasteiger partial charge on any atom is 0.336 e. The molecule has 0 aliphatic heterocycles. The van der Waals surface area contributed by atoms with Crippen molar-refractivity contribution in [1.82, 2.24) is 0 Å². The van der Waals surface area contributed by atoms with Gasteiger partial charge in [0, 0.05) is 5.56 Å². The van der Waals surface area contributed by atoms with E-state index in [9.17, 15) is 9.90 Å². The Morgan fingerprint density at radius 1 is 1.07 bits per heavy atom. The lowest BCUT2D eigenvalue weighted by molar-refractivity contribution is -0.130. The normalized spacial score (nSPS) is 18.4. The Labute approximate surface area is 169 Å². The molecule has 1 aliphatic rings. The molecule has 0 bridgehead atoms. The van der Waals surface area contributed by atoms with E-state index in [0.717, 1.165) is 19.3 Å². The molecule has 152 valence electrons. The molecule has 3 nitrogen and oxygen atoms in total. The summed E-state index contributed by atoms with van der Waals surface area (Å²) in [5.74, 6) is -0.279. The lowest BCUT2D eigenvalue weighted by Gasteiger charge is -2.42. The SMILES string of the molecule is CC=CC=CC=C(C(=O)O)c1cc2c(cc1OCCC)C(C)(C)CCC2(C)C. The van der Waals surface area contributed by atoms with Crippen molar-refractivity contribution in [3.63, 3.8) is 0 Å². The average Bonchev–Trinajstić information content (AvgIpc) is 2.63. The Bertz CT molecular complexity index is 807. The van der Waals surface area contributed by atoms with Gasteiger partial charge in [0.2, 0.25) is 0 Å². The van der Waals surface area contributed by atoms with Crippen molar-refractivity contribution in [2.24, 2.45) is 0 Å². The molecular formula is C25H34O3. The van der Waals surface area contributed by atoms with Crippen LogP contribution in [0.3, 0.4) is 0 Å². The van der Waals surface area contributed by atoms with Crippen molar-refractivity contribution in [3.05, 3.63) is 59.2 Å². The highest BCUT2D eigenvalue weighted by Crippen LogP contribution is 2.48. The predicted molar refractivity (Wildman–Crippen MR) is 117 cm³/mol. The molecule has 0 saturated heterocycles.